The maximum atomic E-state index is 10.5. The van der Waals surface area contributed by atoms with Crippen LogP contribution in [0.3, 0.4) is 0 Å². The Labute approximate surface area is 91.1 Å². The molecule has 1 saturated heterocycles. The summed E-state index contributed by atoms with van der Waals surface area (Å²) in [5, 5.41) is 20.0. The molecule has 0 aromatic carbocycles. The van der Waals surface area contributed by atoms with E-state index in [0.717, 1.165) is 17.8 Å². The van der Waals surface area contributed by atoms with E-state index in [1.165, 1.54) is 17.4 Å². The van der Waals surface area contributed by atoms with Gasteiger partial charge in [0, 0.05) is 30.6 Å². The lowest BCUT2D eigenvalue weighted by Gasteiger charge is -2.12. The summed E-state index contributed by atoms with van der Waals surface area (Å²) in [5.74, 6) is 0. The molecule has 0 unspecified atom stereocenters. The summed E-state index contributed by atoms with van der Waals surface area (Å²) < 4.78 is 0. The van der Waals surface area contributed by atoms with Crippen LogP contribution in [-0.4, -0.2) is 34.1 Å². The molecule has 0 spiro atoms. The zero-order valence-corrected chi connectivity index (χ0v) is 8.94. The average Bonchev–Trinajstić information content (AvgIpc) is 2.76. The van der Waals surface area contributed by atoms with Gasteiger partial charge in [-0.3, -0.25) is 15.0 Å². The minimum atomic E-state index is -0.368. The van der Waals surface area contributed by atoms with Gasteiger partial charge in [0.25, 0.3) is 0 Å². The van der Waals surface area contributed by atoms with Crippen molar-refractivity contribution in [3.8, 4) is 0 Å². The summed E-state index contributed by atoms with van der Waals surface area (Å²) in [6.07, 6.45) is 0.563. The van der Waals surface area contributed by atoms with E-state index in [1.807, 2.05) is 0 Å². The molecule has 2 heterocycles. The second-order valence-electron chi connectivity index (χ2n) is 3.67. The standard InChI is InChI=1S/C9H12N2O3S/c12-7-3-4-10(5-7)6-8-1-2-9(15-8)11(13)14/h1-2,7,12H,3-6H2/t7-/m1/s1. The molecule has 0 aliphatic carbocycles. The summed E-state index contributed by atoms with van der Waals surface area (Å²) in [4.78, 5) is 13.2. The Morgan fingerprint density at radius 3 is 3.00 bits per heavy atom. The van der Waals surface area contributed by atoms with Gasteiger partial charge in [-0.2, -0.15) is 0 Å². The van der Waals surface area contributed by atoms with Gasteiger partial charge in [-0.1, -0.05) is 11.3 Å². The number of aliphatic hydroxyl groups is 1. The van der Waals surface area contributed by atoms with E-state index in [2.05, 4.69) is 4.90 Å². The van der Waals surface area contributed by atoms with E-state index in [9.17, 15) is 15.2 Å². The number of hydrogen-bond donors (Lipinski definition) is 1. The van der Waals surface area contributed by atoms with Crippen molar-refractivity contribution in [3.05, 3.63) is 27.1 Å². The lowest BCUT2D eigenvalue weighted by Crippen LogP contribution is -2.20. The van der Waals surface area contributed by atoms with Crippen LogP contribution in [0, 0.1) is 10.1 Å². The summed E-state index contributed by atoms with van der Waals surface area (Å²) in [6, 6.07) is 3.32. The number of likely N-dealkylation sites (tertiary alicyclic amines) is 1. The molecule has 0 amide bonds. The summed E-state index contributed by atoms with van der Waals surface area (Å²) in [5.41, 5.74) is 0. The second kappa shape index (κ2) is 4.26. The fraction of sp³-hybridized carbons (Fsp3) is 0.556. The first-order valence-electron chi connectivity index (χ1n) is 4.78. The van der Waals surface area contributed by atoms with E-state index >= 15 is 0 Å². The van der Waals surface area contributed by atoms with Crippen molar-refractivity contribution in [3.63, 3.8) is 0 Å². The van der Waals surface area contributed by atoms with Gasteiger partial charge in [0.2, 0.25) is 0 Å². The highest BCUT2D eigenvalue weighted by atomic mass is 32.1. The highest BCUT2D eigenvalue weighted by molar-refractivity contribution is 7.15. The highest BCUT2D eigenvalue weighted by Crippen LogP contribution is 2.26. The SMILES string of the molecule is O=[N+]([O-])c1ccc(CN2CC[C@@H](O)C2)s1. The third kappa shape index (κ3) is 2.53. The monoisotopic (exact) mass is 228 g/mol. The molecule has 0 saturated carbocycles. The summed E-state index contributed by atoms with van der Waals surface area (Å²) in [6.45, 7) is 2.24. The minimum absolute atomic E-state index is 0.185. The molecule has 2 rings (SSSR count). The van der Waals surface area contributed by atoms with Gasteiger partial charge in [-0.25, -0.2) is 0 Å². The lowest BCUT2D eigenvalue weighted by molar-refractivity contribution is -0.380. The molecular formula is C9H12N2O3S. The van der Waals surface area contributed by atoms with E-state index in [0.29, 0.717) is 13.1 Å². The highest BCUT2D eigenvalue weighted by Gasteiger charge is 2.21. The molecule has 1 atom stereocenters. The normalized spacial score (nSPS) is 22.1. The van der Waals surface area contributed by atoms with Gasteiger partial charge in [0.05, 0.1) is 11.0 Å². The Morgan fingerprint density at radius 2 is 2.47 bits per heavy atom. The Balaban J connectivity index is 1.96. The number of β-amino-alcohol motifs (C(OH)–C–C–N with tert-alkyl or cyclic N) is 1. The van der Waals surface area contributed by atoms with E-state index in [1.54, 1.807) is 6.07 Å². The first-order valence-corrected chi connectivity index (χ1v) is 5.60. The summed E-state index contributed by atoms with van der Waals surface area (Å²) in [7, 11) is 0. The molecule has 1 fully saturated rings. The van der Waals surface area contributed by atoms with Gasteiger partial charge in [0.1, 0.15) is 0 Å². The van der Waals surface area contributed by atoms with Crippen LogP contribution < -0.4 is 0 Å². The van der Waals surface area contributed by atoms with Crippen molar-refractivity contribution in [1.29, 1.82) is 0 Å². The predicted molar refractivity (Wildman–Crippen MR) is 56.9 cm³/mol. The van der Waals surface area contributed by atoms with Crippen LogP contribution in [-0.2, 0) is 6.54 Å². The van der Waals surface area contributed by atoms with Gasteiger partial charge >= 0.3 is 5.00 Å². The average molecular weight is 228 g/mol. The predicted octanol–water partition coefficient (Wildman–Crippen LogP) is 1.22. The van der Waals surface area contributed by atoms with Gasteiger partial charge in [0.15, 0.2) is 0 Å². The fourth-order valence-corrected chi connectivity index (χ4v) is 2.59. The zero-order valence-electron chi connectivity index (χ0n) is 8.13. The Bertz CT molecular complexity index is 366. The first kappa shape index (κ1) is 10.5. The Morgan fingerprint density at radius 1 is 1.67 bits per heavy atom. The number of rotatable bonds is 3. The van der Waals surface area contributed by atoms with Crippen molar-refractivity contribution in [2.45, 2.75) is 19.1 Å². The first-order chi connectivity index (χ1) is 7.15. The number of aliphatic hydroxyl groups excluding tert-OH is 1. The van der Waals surface area contributed by atoms with Gasteiger partial charge < -0.3 is 5.11 Å². The van der Waals surface area contributed by atoms with Crippen LogP contribution in [0.4, 0.5) is 5.00 Å². The van der Waals surface area contributed by atoms with Crippen molar-refractivity contribution in [1.82, 2.24) is 4.90 Å². The third-order valence-electron chi connectivity index (χ3n) is 2.45. The Hall–Kier alpha value is -0.980. The molecule has 1 aromatic heterocycles. The molecule has 6 heteroatoms. The number of nitro groups is 1. The maximum absolute atomic E-state index is 10.5. The van der Waals surface area contributed by atoms with E-state index in [4.69, 9.17) is 0 Å². The topological polar surface area (TPSA) is 66.6 Å². The maximum Gasteiger partial charge on any atom is 0.324 e. The number of hydrogen-bond acceptors (Lipinski definition) is 5. The third-order valence-corrected chi connectivity index (χ3v) is 3.48. The largest absolute Gasteiger partial charge is 0.392 e. The smallest absolute Gasteiger partial charge is 0.324 e. The van der Waals surface area contributed by atoms with Crippen LogP contribution in [0.1, 0.15) is 11.3 Å². The minimum Gasteiger partial charge on any atom is -0.392 e. The van der Waals surface area contributed by atoms with Crippen LogP contribution in [0.2, 0.25) is 0 Å². The number of thiophene rings is 1. The number of nitrogens with zero attached hydrogens (tertiary/aromatic N) is 2. The van der Waals surface area contributed by atoms with Crippen LogP contribution in [0.25, 0.3) is 0 Å². The van der Waals surface area contributed by atoms with Crippen LogP contribution in [0.15, 0.2) is 12.1 Å². The zero-order chi connectivity index (χ0) is 10.8. The van der Waals surface area contributed by atoms with E-state index in [-0.39, 0.29) is 16.0 Å². The van der Waals surface area contributed by atoms with Crippen molar-refractivity contribution >= 4 is 16.3 Å². The molecular weight excluding hydrogens is 216 g/mol. The second-order valence-corrected chi connectivity index (χ2v) is 4.82. The molecule has 1 aliphatic rings. The molecule has 82 valence electrons. The van der Waals surface area contributed by atoms with Crippen LogP contribution in [0.5, 0.6) is 0 Å². The molecule has 0 radical (unpaired) electrons. The van der Waals surface area contributed by atoms with Gasteiger partial charge in [-0.15, -0.1) is 0 Å². The molecule has 1 aromatic rings. The quantitative estimate of drug-likeness (QED) is 0.624. The molecule has 5 nitrogen and oxygen atoms in total. The van der Waals surface area contributed by atoms with Crippen molar-refractivity contribution in [2.24, 2.45) is 0 Å². The van der Waals surface area contributed by atoms with Crippen LogP contribution >= 0.6 is 11.3 Å². The van der Waals surface area contributed by atoms with Crippen molar-refractivity contribution < 1.29 is 10.0 Å². The summed E-state index contributed by atoms with van der Waals surface area (Å²) >= 11 is 1.21. The Kier molecular flexibility index (Phi) is 2.99. The molecule has 0 bridgehead atoms. The molecule has 15 heavy (non-hydrogen) atoms. The lowest BCUT2D eigenvalue weighted by atomic mass is 10.3. The fourth-order valence-electron chi connectivity index (χ4n) is 1.73. The van der Waals surface area contributed by atoms with E-state index < -0.39 is 0 Å². The molecule has 1 aliphatic heterocycles. The molecule has 1 N–H and O–H groups in total. The van der Waals surface area contributed by atoms with Crippen molar-refractivity contribution in [2.75, 3.05) is 13.1 Å². The van der Waals surface area contributed by atoms with Gasteiger partial charge in [-0.05, 0) is 12.5 Å².